The maximum atomic E-state index is 15.7. The van der Waals surface area contributed by atoms with Crippen LogP contribution in [0.25, 0.3) is 22.3 Å². The molecule has 13 nitrogen and oxygen atoms in total. The van der Waals surface area contributed by atoms with E-state index in [0.717, 1.165) is 12.1 Å². The molecule has 0 spiro atoms. The van der Waals surface area contributed by atoms with E-state index in [9.17, 15) is 28.2 Å². The van der Waals surface area contributed by atoms with Crippen LogP contribution < -0.4 is 4.74 Å². The van der Waals surface area contributed by atoms with Crippen LogP contribution in [0.2, 0.25) is 0 Å². The highest BCUT2D eigenvalue weighted by molar-refractivity contribution is 7.92. The summed E-state index contributed by atoms with van der Waals surface area (Å²) in [7, 11) is -2.74. The molecule has 2 unspecified atom stereocenters. The third kappa shape index (κ3) is 10.8. The van der Waals surface area contributed by atoms with Gasteiger partial charge in [-0.1, -0.05) is 24.3 Å². The number of aliphatic hydroxyl groups is 2. The molecular weight excluding hydrogens is 801 g/mol. The van der Waals surface area contributed by atoms with Gasteiger partial charge in [-0.2, -0.15) is 5.10 Å². The summed E-state index contributed by atoms with van der Waals surface area (Å²) in [6.07, 6.45) is -1.91. The van der Waals surface area contributed by atoms with E-state index in [4.69, 9.17) is 9.47 Å². The number of hydrogen-bond acceptors (Lipinski definition) is 11. The molecule has 0 radical (unpaired) electrons. The highest BCUT2D eigenvalue weighted by Gasteiger charge is 2.40. The summed E-state index contributed by atoms with van der Waals surface area (Å²) in [4.78, 5) is 31.4. The molecule has 2 atom stereocenters. The molecule has 3 N–H and O–H groups in total. The Labute approximate surface area is 338 Å². The fraction of sp³-hybridized carbons (Fsp3) is 0.415. The number of carbonyl (C=O) groups excluding carboxylic acids is 2. The topological polar surface area (TPSA) is 183 Å². The SMILES string of the molecule is CCOC(=O)CCc1cccc(C(C)(CCC(F)(F)CCS(=O)(=O)CC(=O)OCC)c2nc(-c3cc(Oc4c(F)cc5[nH]ccc5c4C(O)CO)ccc3F)n(C)n2)c1. The van der Waals surface area contributed by atoms with Crippen molar-refractivity contribution in [1.82, 2.24) is 19.7 Å². The number of rotatable bonds is 20. The van der Waals surface area contributed by atoms with Crippen molar-refractivity contribution in [2.75, 3.05) is 31.3 Å². The van der Waals surface area contributed by atoms with Crippen molar-refractivity contribution in [1.29, 1.82) is 0 Å². The van der Waals surface area contributed by atoms with Crippen molar-refractivity contribution in [2.45, 2.75) is 70.3 Å². The first kappa shape index (κ1) is 44.8. The van der Waals surface area contributed by atoms with Gasteiger partial charge < -0.3 is 29.4 Å². The van der Waals surface area contributed by atoms with Crippen LogP contribution in [0.1, 0.15) is 75.1 Å². The van der Waals surface area contributed by atoms with Gasteiger partial charge in [-0.15, -0.1) is 0 Å². The summed E-state index contributed by atoms with van der Waals surface area (Å²) in [5.74, 6) is -9.15. The van der Waals surface area contributed by atoms with Crippen LogP contribution in [0.3, 0.4) is 0 Å². The summed E-state index contributed by atoms with van der Waals surface area (Å²) in [6.45, 7) is 4.18. The lowest BCUT2D eigenvalue weighted by atomic mass is 9.76. The van der Waals surface area contributed by atoms with Gasteiger partial charge in [0.1, 0.15) is 23.4 Å². The normalized spacial score (nSPS) is 13.6. The fourth-order valence-corrected chi connectivity index (χ4v) is 7.86. The van der Waals surface area contributed by atoms with Gasteiger partial charge >= 0.3 is 11.9 Å². The van der Waals surface area contributed by atoms with E-state index in [1.54, 1.807) is 44.2 Å². The van der Waals surface area contributed by atoms with E-state index in [-0.39, 0.29) is 61.0 Å². The van der Waals surface area contributed by atoms with Crippen molar-refractivity contribution in [3.05, 3.63) is 94.9 Å². The number of nitrogens with one attached hydrogen (secondary N) is 1. The molecule has 0 fully saturated rings. The first-order valence-electron chi connectivity index (χ1n) is 18.9. The number of ether oxygens (including phenoxy) is 3. The third-order valence-electron chi connectivity index (χ3n) is 9.86. The van der Waals surface area contributed by atoms with Crippen LogP contribution in [-0.4, -0.2) is 87.6 Å². The van der Waals surface area contributed by atoms with E-state index < -0.39 is 87.6 Å². The van der Waals surface area contributed by atoms with Crippen LogP contribution >= 0.6 is 0 Å². The average molecular weight is 847 g/mol. The van der Waals surface area contributed by atoms with Crippen LogP contribution in [-0.2, 0) is 47.8 Å². The Morgan fingerprint density at radius 2 is 1.69 bits per heavy atom. The molecule has 0 aliphatic heterocycles. The summed E-state index contributed by atoms with van der Waals surface area (Å²) in [6, 6.07) is 13.1. The molecule has 0 aliphatic carbocycles. The number of nitrogens with zero attached hydrogens (tertiary/aromatic N) is 3. The number of alkyl halides is 2. The van der Waals surface area contributed by atoms with Gasteiger partial charge in [0.2, 0.25) is 5.92 Å². The number of aliphatic hydroxyl groups excluding tert-OH is 2. The molecule has 5 aromatic rings. The maximum Gasteiger partial charge on any atom is 0.321 e. The number of esters is 2. The highest BCUT2D eigenvalue weighted by Crippen LogP contribution is 2.42. The molecule has 59 heavy (non-hydrogen) atoms. The number of fused-ring (bicyclic) bond motifs is 1. The summed E-state index contributed by atoms with van der Waals surface area (Å²) >= 11 is 0. The van der Waals surface area contributed by atoms with Crippen LogP contribution in [0, 0.1) is 11.6 Å². The number of aryl methyl sites for hydroxylation is 2. The number of carbonyl (C=O) groups is 2. The number of halogens is 4. The Morgan fingerprint density at radius 1 is 0.966 bits per heavy atom. The van der Waals surface area contributed by atoms with Gasteiger partial charge in [0.15, 0.2) is 33.1 Å². The second kappa shape index (κ2) is 18.7. The Balaban J connectivity index is 1.50. The average Bonchev–Trinajstić information content (AvgIpc) is 3.82. The lowest BCUT2D eigenvalue weighted by molar-refractivity contribution is -0.143. The van der Waals surface area contributed by atoms with Gasteiger partial charge in [0, 0.05) is 55.0 Å². The minimum Gasteiger partial charge on any atom is -0.466 e. The van der Waals surface area contributed by atoms with Crippen LogP contribution in [0.15, 0.2) is 60.8 Å². The van der Waals surface area contributed by atoms with E-state index in [0.29, 0.717) is 22.0 Å². The van der Waals surface area contributed by atoms with Crippen molar-refractivity contribution in [2.24, 2.45) is 7.05 Å². The molecule has 0 amide bonds. The van der Waals surface area contributed by atoms with Crippen molar-refractivity contribution in [3.63, 3.8) is 0 Å². The molecule has 0 aliphatic rings. The molecule has 0 saturated heterocycles. The minimum absolute atomic E-state index is 0.00584. The van der Waals surface area contributed by atoms with Gasteiger partial charge in [-0.3, -0.25) is 9.59 Å². The predicted molar refractivity (Wildman–Crippen MR) is 209 cm³/mol. The monoisotopic (exact) mass is 846 g/mol. The third-order valence-corrected chi connectivity index (χ3v) is 11.4. The molecule has 18 heteroatoms. The van der Waals surface area contributed by atoms with Gasteiger partial charge in [0.05, 0.1) is 36.6 Å². The standard InChI is InChI=1S/C41H46F4N4O9S/c1-5-56-34(52)13-10-25-8-7-9-26(20-25)40(3,15-16-41(44,45)17-19-59(54,55)24-35(53)57-6-2)39-47-38(49(4)48-39)29-21-27(11-12-30(29)42)58-37-31(43)22-32-28(14-18-46-32)36(37)33(51)23-50/h7-9,11-12,14,18,20-22,33,46,50-51H,5-6,10,13,15-17,19,23-24H2,1-4H3. The largest absolute Gasteiger partial charge is 0.466 e. The maximum absolute atomic E-state index is 15.7. The highest BCUT2D eigenvalue weighted by atomic mass is 32.2. The van der Waals surface area contributed by atoms with Crippen LogP contribution in [0.4, 0.5) is 17.6 Å². The molecule has 0 bridgehead atoms. The molecule has 5 rings (SSSR count). The first-order valence-corrected chi connectivity index (χ1v) is 20.7. The van der Waals surface area contributed by atoms with Gasteiger partial charge in [-0.05, 0) is 69.0 Å². The number of benzene rings is 3. The summed E-state index contributed by atoms with van der Waals surface area (Å²) in [5.41, 5.74) is -0.0967. The smallest absolute Gasteiger partial charge is 0.321 e. The second-order valence-corrected chi connectivity index (χ2v) is 16.4. The van der Waals surface area contributed by atoms with Crippen molar-refractivity contribution < 1.29 is 60.0 Å². The molecule has 318 valence electrons. The number of sulfone groups is 1. The quantitative estimate of drug-likeness (QED) is 0.0564. The van der Waals surface area contributed by atoms with E-state index in [1.165, 1.54) is 37.0 Å². The van der Waals surface area contributed by atoms with Crippen LogP contribution in [0.5, 0.6) is 11.5 Å². The molecule has 2 aromatic heterocycles. The van der Waals surface area contributed by atoms with Crippen molar-refractivity contribution >= 4 is 32.7 Å². The molecule has 3 aromatic carbocycles. The van der Waals surface area contributed by atoms with Gasteiger partial charge in [-0.25, -0.2) is 35.6 Å². The summed E-state index contributed by atoms with van der Waals surface area (Å²) in [5, 5.41) is 25.3. The van der Waals surface area contributed by atoms with E-state index >= 15 is 17.6 Å². The van der Waals surface area contributed by atoms with Gasteiger partial charge in [0.25, 0.3) is 0 Å². The Hall–Kier alpha value is -5.33. The molecule has 2 heterocycles. The molecule has 0 saturated carbocycles. The second-order valence-electron chi connectivity index (χ2n) is 14.2. The van der Waals surface area contributed by atoms with E-state index in [1.807, 2.05) is 0 Å². The Bertz CT molecular complexity index is 2400. The Kier molecular flexibility index (Phi) is 14.2. The number of aromatic nitrogens is 4. The lowest BCUT2D eigenvalue weighted by Crippen LogP contribution is -2.31. The van der Waals surface area contributed by atoms with Crippen molar-refractivity contribution in [3.8, 4) is 22.9 Å². The predicted octanol–water partition coefficient (Wildman–Crippen LogP) is 6.64. The lowest BCUT2D eigenvalue weighted by Gasteiger charge is -2.30. The minimum atomic E-state index is -4.21. The first-order chi connectivity index (χ1) is 27.9. The zero-order chi connectivity index (χ0) is 43.1. The summed E-state index contributed by atoms with van der Waals surface area (Å²) < 4.78 is 104. The zero-order valence-corrected chi connectivity index (χ0v) is 33.8. The number of aromatic amines is 1. The number of H-pyrrole nitrogens is 1. The Morgan fingerprint density at radius 3 is 2.41 bits per heavy atom. The number of hydrogen-bond donors (Lipinski definition) is 3. The molecular formula is C41H46F4N4O9S. The fourth-order valence-electron chi connectivity index (χ4n) is 6.67. The van der Waals surface area contributed by atoms with E-state index in [2.05, 4.69) is 19.8 Å². The zero-order valence-electron chi connectivity index (χ0n) is 32.9.